The van der Waals surface area contributed by atoms with Crippen LogP contribution >= 0.6 is 0 Å². The van der Waals surface area contributed by atoms with Gasteiger partial charge in [-0.1, -0.05) is 42.4 Å². The van der Waals surface area contributed by atoms with E-state index in [9.17, 15) is 33.9 Å². The van der Waals surface area contributed by atoms with Gasteiger partial charge in [0.2, 0.25) is 29.5 Å². The zero-order valence-electron chi connectivity index (χ0n) is 30.4. The van der Waals surface area contributed by atoms with Crippen LogP contribution in [0.4, 0.5) is 0 Å². The molecule has 2 aliphatic rings. The second kappa shape index (κ2) is 17.4. The monoisotopic (exact) mass is 732 g/mol. The van der Waals surface area contributed by atoms with Crippen molar-refractivity contribution in [3.8, 4) is 0 Å². The number of pyridine rings is 1. The Hall–Kier alpha value is -5.38. The number of hydrogen-bond donors (Lipinski definition) is 6. The summed E-state index contributed by atoms with van der Waals surface area (Å²) in [6, 6.07) is 5.07. The summed E-state index contributed by atoms with van der Waals surface area (Å²) in [5.74, 6) is -3.54. The van der Waals surface area contributed by atoms with E-state index < -0.39 is 65.8 Å². The van der Waals surface area contributed by atoms with Crippen molar-refractivity contribution in [2.45, 2.75) is 109 Å². The molecule has 284 valence electrons. The lowest BCUT2D eigenvalue weighted by molar-refractivity contribution is -0.142. The molecule has 53 heavy (non-hydrogen) atoms. The first kappa shape index (κ1) is 38.8. The second-order valence-corrected chi connectivity index (χ2v) is 13.7. The van der Waals surface area contributed by atoms with E-state index in [1.807, 2.05) is 30.3 Å². The maximum absolute atomic E-state index is 14.0. The quantitative estimate of drug-likeness (QED) is 0.208. The summed E-state index contributed by atoms with van der Waals surface area (Å²) in [5.41, 5.74) is 2.12. The normalized spacial score (nSPS) is 24.5. The highest BCUT2D eigenvalue weighted by Gasteiger charge is 2.39. The molecule has 0 saturated carbocycles. The first-order chi connectivity index (χ1) is 25.4. The van der Waals surface area contributed by atoms with E-state index in [2.05, 4.69) is 36.7 Å². The van der Waals surface area contributed by atoms with Crippen molar-refractivity contribution in [3.05, 3.63) is 58.9 Å². The van der Waals surface area contributed by atoms with E-state index >= 15 is 0 Å². The fourth-order valence-electron chi connectivity index (χ4n) is 6.80. The van der Waals surface area contributed by atoms with Gasteiger partial charge in [0.05, 0.1) is 22.7 Å². The molecule has 1 aromatic carbocycles. The molecular formula is C37H48N8O8. The van der Waals surface area contributed by atoms with Crippen LogP contribution in [-0.4, -0.2) is 105 Å². The molecule has 2 fully saturated rings. The smallest absolute Gasteiger partial charge is 0.258 e. The van der Waals surface area contributed by atoms with Crippen molar-refractivity contribution in [2.24, 2.45) is 0 Å². The lowest BCUT2D eigenvalue weighted by Gasteiger charge is -2.30. The molecule has 2 saturated heterocycles. The highest BCUT2D eigenvalue weighted by molar-refractivity contribution is 6.07. The Labute approximate surface area is 307 Å². The fourth-order valence-corrected chi connectivity index (χ4v) is 6.80. The van der Waals surface area contributed by atoms with Gasteiger partial charge >= 0.3 is 0 Å². The van der Waals surface area contributed by atoms with Crippen LogP contribution in [0.5, 0.6) is 0 Å². The van der Waals surface area contributed by atoms with E-state index in [0.717, 1.165) is 5.56 Å². The summed E-state index contributed by atoms with van der Waals surface area (Å²) >= 11 is 0. The average Bonchev–Trinajstić information content (AvgIpc) is 3.77. The maximum Gasteiger partial charge on any atom is 0.258 e. The third kappa shape index (κ3) is 9.35. The predicted molar refractivity (Wildman–Crippen MR) is 192 cm³/mol. The van der Waals surface area contributed by atoms with Gasteiger partial charge in [-0.15, -0.1) is 0 Å². The van der Waals surface area contributed by atoms with Crippen LogP contribution in [-0.2, 0) is 30.4 Å². The molecule has 0 spiro atoms. The third-order valence-electron chi connectivity index (χ3n) is 9.67. The number of aryl methyl sites for hydroxylation is 2. The van der Waals surface area contributed by atoms with Gasteiger partial charge in [-0.2, -0.15) is 0 Å². The molecule has 16 heteroatoms. The van der Waals surface area contributed by atoms with Gasteiger partial charge < -0.3 is 41.1 Å². The lowest BCUT2D eigenvalue weighted by Crippen LogP contribution is -2.61. The van der Waals surface area contributed by atoms with E-state index in [-0.39, 0.29) is 43.0 Å². The first-order valence-electron chi connectivity index (χ1n) is 18.1. The summed E-state index contributed by atoms with van der Waals surface area (Å²) in [5, 5.41) is 28.7. The van der Waals surface area contributed by atoms with E-state index in [4.69, 9.17) is 4.52 Å². The molecule has 0 radical (unpaired) electrons. The van der Waals surface area contributed by atoms with Crippen molar-refractivity contribution in [3.63, 3.8) is 0 Å². The molecule has 0 unspecified atom stereocenters. The summed E-state index contributed by atoms with van der Waals surface area (Å²) in [6.07, 6.45) is 0.906. The van der Waals surface area contributed by atoms with E-state index in [1.165, 1.54) is 11.8 Å². The van der Waals surface area contributed by atoms with Gasteiger partial charge in [0.1, 0.15) is 30.2 Å². The Morgan fingerprint density at radius 1 is 0.962 bits per heavy atom. The van der Waals surface area contributed by atoms with E-state index in [1.54, 1.807) is 26.8 Å². The Morgan fingerprint density at radius 2 is 1.70 bits per heavy atom. The van der Waals surface area contributed by atoms with Crippen LogP contribution in [0, 0.1) is 13.8 Å². The number of carbonyl (C=O) groups is 6. The minimum absolute atomic E-state index is 0.110. The first-order valence-corrected chi connectivity index (χ1v) is 18.1. The molecule has 6 amide bonds. The Morgan fingerprint density at radius 3 is 2.42 bits per heavy atom. The second-order valence-electron chi connectivity index (χ2n) is 13.7. The topological polar surface area (TPSA) is 225 Å². The molecule has 5 rings (SSSR count). The SMILES string of the molecule is CC[C@@H]1NC(=O)[C@@H](NC(=O)c2cc(C)nc3onc(C)c23)CCCCNC(=O)[C@@H]2CCCN2C(=O)[C@@H](Cc2ccccc2)NC(=O)[C@H]([C@@H](C)O)NC1=O. The number of aliphatic hydroxyl groups excluding tert-OH is 1. The molecular weight excluding hydrogens is 684 g/mol. The third-order valence-corrected chi connectivity index (χ3v) is 9.67. The molecule has 0 bridgehead atoms. The molecule has 2 aromatic heterocycles. The molecule has 4 heterocycles. The Kier molecular flexibility index (Phi) is 12.8. The number of aromatic nitrogens is 2. The summed E-state index contributed by atoms with van der Waals surface area (Å²) in [7, 11) is 0. The average molecular weight is 733 g/mol. The summed E-state index contributed by atoms with van der Waals surface area (Å²) < 4.78 is 5.27. The van der Waals surface area contributed by atoms with Gasteiger partial charge in [-0.05, 0) is 70.9 Å². The number of aliphatic hydroxyl groups is 1. The summed E-state index contributed by atoms with van der Waals surface area (Å²) in [4.78, 5) is 88.1. The van der Waals surface area contributed by atoms with Crippen LogP contribution in [0.1, 0.15) is 79.7 Å². The van der Waals surface area contributed by atoms with Crippen molar-refractivity contribution in [1.29, 1.82) is 0 Å². The molecule has 16 nitrogen and oxygen atoms in total. The zero-order chi connectivity index (χ0) is 38.2. The van der Waals surface area contributed by atoms with Crippen molar-refractivity contribution in [2.75, 3.05) is 13.1 Å². The van der Waals surface area contributed by atoms with Crippen LogP contribution in [0.15, 0.2) is 40.9 Å². The molecule has 6 atom stereocenters. The number of nitrogens with one attached hydrogen (secondary N) is 5. The molecule has 2 aliphatic heterocycles. The van der Waals surface area contributed by atoms with Crippen LogP contribution in [0.25, 0.3) is 11.1 Å². The maximum atomic E-state index is 14.0. The predicted octanol–water partition coefficient (Wildman–Crippen LogP) is 0.717. The molecule has 3 aromatic rings. The number of fused-ring (bicyclic) bond motifs is 2. The minimum Gasteiger partial charge on any atom is -0.391 e. The number of nitrogens with zero attached hydrogens (tertiary/aromatic N) is 3. The lowest BCUT2D eigenvalue weighted by atomic mass is 10.0. The van der Waals surface area contributed by atoms with Gasteiger partial charge in [0.15, 0.2) is 0 Å². The largest absolute Gasteiger partial charge is 0.391 e. The number of benzene rings is 1. The summed E-state index contributed by atoms with van der Waals surface area (Å²) in [6.45, 7) is 6.94. The van der Waals surface area contributed by atoms with Crippen LogP contribution < -0.4 is 26.6 Å². The standard InChI is InChI=1S/C37H48N8O8/c1-5-25-32(48)43-30(22(4)46)35(51)42-27(19-23-12-7-6-8-13-23)37(52)45-17-11-15-28(45)34(50)38-16-10-9-14-26(33(49)40-25)41-31(47)24-18-20(2)39-36-29(24)21(3)44-53-36/h6-8,12-13,18,22,25-28,30,46H,5,9-11,14-17,19H2,1-4H3,(H,38,50)(H,40,49)(H,41,47)(H,42,51)(H,43,48)/t22-,25+,26+,27-,28+,30+/m1/s1. The number of carbonyl (C=O) groups excluding carboxylic acids is 6. The highest BCUT2D eigenvalue weighted by Crippen LogP contribution is 2.23. The van der Waals surface area contributed by atoms with Crippen LogP contribution in [0.2, 0.25) is 0 Å². The molecule has 6 N–H and O–H groups in total. The van der Waals surface area contributed by atoms with Gasteiger partial charge in [0, 0.05) is 25.2 Å². The highest BCUT2D eigenvalue weighted by atomic mass is 16.5. The van der Waals surface area contributed by atoms with E-state index in [0.29, 0.717) is 49.0 Å². The number of rotatable bonds is 6. The van der Waals surface area contributed by atoms with Crippen molar-refractivity contribution >= 4 is 46.5 Å². The number of hydrogen-bond acceptors (Lipinski definition) is 10. The van der Waals surface area contributed by atoms with Gasteiger partial charge in [0.25, 0.3) is 11.6 Å². The number of amides is 6. The van der Waals surface area contributed by atoms with Gasteiger partial charge in [-0.3, -0.25) is 28.8 Å². The zero-order valence-corrected chi connectivity index (χ0v) is 30.4. The van der Waals surface area contributed by atoms with Gasteiger partial charge in [-0.25, -0.2) is 4.98 Å². The fraction of sp³-hybridized carbons (Fsp3) is 0.514. The Balaban J connectivity index is 1.42. The van der Waals surface area contributed by atoms with Crippen molar-refractivity contribution in [1.82, 2.24) is 41.6 Å². The van der Waals surface area contributed by atoms with Crippen LogP contribution in [0.3, 0.4) is 0 Å². The Bertz CT molecular complexity index is 1830. The molecule has 0 aliphatic carbocycles. The van der Waals surface area contributed by atoms with Crippen molar-refractivity contribution < 1.29 is 38.4 Å². The minimum atomic E-state index is -1.49.